The highest BCUT2D eigenvalue weighted by molar-refractivity contribution is 7.92. The van der Waals surface area contributed by atoms with Gasteiger partial charge in [0.1, 0.15) is 18.4 Å². The predicted molar refractivity (Wildman–Crippen MR) is 133 cm³/mol. The van der Waals surface area contributed by atoms with Crippen LogP contribution in [0.1, 0.15) is 18.1 Å². The summed E-state index contributed by atoms with van der Waals surface area (Å²) >= 11 is 0. The van der Waals surface area contributed by atoms with E-state index in [0.717, 1.165) is 9.87 Å². The lowest BCUT2D eigenvalue weighted by molar-refractivity contribution is -0.139. The molecule has 3 aromatic rings. The normalized spacial score (nSPS) is 12.0. The Morgan fingerprint density at radius 3 is 2.23 bits per heavy atom. The van der Waals surface area contributed by atoms with Gasteiger partial charge in [0.15, 0.2) is 0 Å². The molecule has 2 amide bonds. The van der Waals surface area contributed by atoms with E-state index in [9.17, 15) is 22.4 Å². The highest BCUT2D eigenvalue weighted by atomic mass is 32.2. The molecule has 0 saturated carbocycles. The summed E-state index contributed by atoms with van der Waals surface area (Å²) in [4.78, 5) is 27.3. The van der Waals surface area contributed by atoms with E-state index < -0.39 is 40.2 Å². The Labute approximate surface area is 205 Å². The second-order valence-corrected chi connectivity index (χ2v) is 9.96. The molecule has 184 valence electrons. The number of benzene rings is 3. The van der Waals surface area contributed by atoms with Gasteiger partial charge in [-0.1, -0.05) is 42.5 Å². The van der Waals surface area contributed by atoms with Crippen molar-refractivity contribution in [2.45, 2.75) is 31.3 Å². The number of carbonyl (C=O) groups excluding carboxylic acids is 2. The first kappa shape index (κ1) is 25.9. The number of carbonyl (C=O) groups is 2. The Hall–Kier alpha value is -3.72. The summed E-state index contributed by atoms with van der Waals surface area (Å²) in [6.45, 7) is 2.86. The van der Waals surface area contributed by atoms with Crippen LogP contribution >= 0.6 is 0 Å². The maximum atomic E-state index is 13.6. The summed E-state index contributed by atoms with van der Waals surface area (Å²) in [5.41, 5.74) is 1.75. The van der Waals surface area contributed by atoms with Crippen LogP contribution in [0.15, 0.2) is 83.8 Å². The van der Waals surface area contributed by atoms with Crippen molar-refractivity contribution in [1.82, 2.24) is 10.2 Å². The molecule has 0 heterocycles. The number of aryl methyl sites for hydroxylation is 1. The first-order valence-corrected chi connectivity index (χ1v) is 12.5. The molecule has 9 heteroatoms. The van der Waals surface area contributed by atoms with Crippen LogP contribution in [-0.2, 0) is 26.2 Å². The number of likely N-dealkylation sites (N-methyl/N-ethyl adjacent to an activating group) is 1. The Morgan fingerprint density at radius 2 is 1.63 bits per heavy atom. The van der Waals surface area contributed by atoms with E-state index in [1.165, 1.54) is 48.3 Å². The van der Waals surface area contributed by atoms with Crippen molar-refractivity contribution in [2.75, 3.05) is 17.9 Å². The van der Waals surface area contributed by atoms with Gasteiger partial charge in [-0.3, -0.25) is 13.9 Å². The summed E-state index contributed by atoms with van der Waals surface area (Å²) in [6.07, 6.45) is 0. The minimum absolute atomic E-state index is 0.000736. The van der Waals surface area contributed by atoms with Crippen LogP contribution in [0, 0.1) is 12.7 Å². The van der Waals surface area contributed by atoms with Gasteiger partial charge in [-0.25, -0.2) is 12.8 Å². The van der Waals surface area contributed by atoms with E-state index in [1.54, 1.807) is 43.3 Å². The fourth-order valence-corrected chi connectivity index (χ4v) is 5.04. The smallest absolute Gasteiger partial charge is 0.264 e. The van der Waals surface area contributed by atoms with Gasteiger partial charge in [0.05, 0.1) is 10.6 Å². The molecule has 0 aliphatic carbocycles. The molecule has 0 aromatic heterocycles. The highest BCUT2D eigenvalue weighted by Crippen LogP contribution is 2.25. The lowest BCUT2D eigenvalue weighted by atomic mass is 10.1. The predicted octanol–water partition coefficient (Wildman–Crippen LogP) is 3.49. The number of hydrogen-bond donors (Lipinski definition) is 1. The largest absolute Gasteiger partial charge is 0.357 e. The molecule has 1 atom stereocenters. The summed E-state index contributed by atoms with van der Waals surface area (Å²) in [7, 11) is -2.64. The molecule has 3 aromatic carbocycles. The van der Waals surface area contributed by atoms with Crippen molar-refractivity contribution < 1.29 is 22.4 Å². The molecule has 35 heavy (non-hydrogen) atoms. The van der Waals surface area contributed by atoms with E-state index in [2.05, 4.69) is 5.32 Å². The molecule has 7 nitrogen and oxygen atoms in total. The molecular formula is C26H28FN3O4S. The monoisotopic (exact) mass is 497 g/mol. The zero-order valence-corrected chi connectivity index (χ0v) is 20.6. The molecule has 0 saturated heterocycles. The van der Waals surface area contributed by atoms with Crippen molar-refractivity contribution >= 4 is 27.5 Å². The number of rotatable bonds is 9. The van der Waals surface area contributed by atoms with Gasteiger partial charge in [0, 0.05) is 13.6 Å². The zero-order chi connectivity index (χ0) is 25.6. The Bertz CT molecular complexity index is 1280. The van der Waals surface area contributed by atoms with E-state index in [0.29, 0.717) is 11.3 Å². The molecule has 0 unspecified atom stereocenters. The third kappa shape index (κ3) is 6.24. The SMILES string of the molecule is CNC(=O)[C@H](C)N(Cc1ccc(F)cc1)C(=O)CN(c1cccc(C)c1)S(=O)(=O)c1ccccc1. The molecule has 0 aliphatic rings. The minimum Gasteiger partial charge on any atom is -0.357 e. The number of anilines is 1. The van der Waals surface area contributed by atoms with Crippen LogP contribution < -0.4 is 9.62 Å². The van der Waals surface area contributed by atoms with E-state index in [1.807, 2.05) is 13.0 Å². The first-order valence-electron chi connectivity index (χ1n) is 11.0. The number of nitrogens with one attached hydrogen (secondary N) is 1. The van der Waals surface area contributed by atoms with E-state index in [4.69, 9.17) is 0 Å². The van der Waals surface area contributed by atoms with Crippen molar-refractivity contribution in [2.24, 2.45) is 0 Å². The maximum Gasteiger partial charge on any atom is 0.264 e. The fraction of sp³-hybridized carbons (Fsp3) is 0.231. The van der Waals surface area contributed by atoms with Crippen molar-refractivity contribution in [3.63, 3.8) is 0 Å². The van der Waals surface area contributed by atoms with E-state index >= 15 is 0 Å². The molecular weight excluding hydrogens is 469 g/mol. The number of nitrogens with zero attached hydrogens (tertiary/aromatic N) is 2. The molecule has 0 bridgehead atoms. The summed E-state index contributed by atoms with van der Waals surface area (Å²) in [6, 6.07) is 19.4. The van der Waals surface area contributed by atoms with Crippen LogP contribution in [0.4, 0.5) is 10.1 Å². The number of halogens is 1. The second-order valence-electron chi connectivity index (χ2n) is 8.10. The average molecular weight is 498 g/mol. The van der Waals surface area contributed by atoms with Crippen molar-refractivity contribution in [1.29, 1.82) is 0 Å². The van der Waals surface area contributed by atoms with Gasteiger partial charge in [-0.2, -0.15) is 0 Å². The summed E-state index contributed by atoms with van der Waals surface area (Å²) < 4.78 is 41.6. The molecule has 0 spiro atoms. The number of amides is 2. The molecule has 0 radical (unpaired) electrons. The lowest BCUT2D eigenvalue weighted by Crippen LogP contribution is -2.50. The van der Waals surface area contributed by atoms with Gasteiger partial charge in [0.2, 0.25) is 11.8 Å². The molecule has 0 aliphatic heterocycles. The van der Waals surface area contributed by atoms with Crippen LogP contribution in [-0.4, -0.2) is 44.8 Å². The zero-order valence-electron chi connectivity index (χ0n) is 19.8. The highest BCUT2D eigenvalue weighted by Gasteiger charge is 2.32. The number of hydrogen-bond acceptors (Lipinski definition) is 4. The van der Waals surface area contributed by atoms with Gasteiger partial charge in [-0.15, -0.1) is 0 Å². The summed E-state index contributed by atoms with van der Waals surface area (Å²) in [5.74, 6) is -1.41. The maximum absolute atomic E-state index is 13.6. The topological polar surface area (TPSA) is 86.8 Å². The Kier molecular flexibility index (Phi) is 8.24. The summed E-state index contributed by atoms with van der Waals surface area (Å²) in [5, 5.41) is 2.52. The van der Waals surface area contributed by atoms with Crippen molar-refractivity contribution in [3.8, 4) is 0 Å². The van der Waals surface area contributed by atoms with Crippen LogP contribution in [0.5, 0.6) is 0 Å². The quantitative estimate of drug-likeness (QED) is 0.490. The van der Waals surface area contributed by atoms with Gasteiger partial charge >= 0.3 is 0 Å². The molecule has 0 fully saturated rings. The lowest BCUT2D eigenvalue weighted by Gasteiger charge is -2.31. The Balaban J connectivity index is 2.01. The van der Waals surface area contributed by atoms with Crippen LogP contribution in [0.3, 0.4) is 0 Å². The molecule has 1 N–H and O–H groups in total. The van der Waals surface area contributed by atoms with Gasteiger partial charge < -0.3 is 10.2 Å². The third-order valence-corrected chi connectivity index (χ3v) is 7.37. The first-order chi connectivity index (χ1) is 16.6. The minimum atomic E-state index is -4.09. The number of sulfonamides is 1. The Morgan fingerprint density at radius 1 is 0.971 bits per heavy atom. The third-order valence-electron chi connectivity index (χ3n) is 5.58. The molecule has 3 rings (SSSR count). The average Bonchev–Trinajstić information content (AvgIpc) is 2.86. The standard InChI is InChI=1S/C26H28FN3O4S/c1-19-8-7-9-23(16-19)30(35(33,34)24-10-5-4-6-11-24)18-25(31)29(20(2)26(32)28-3)17-21-12-14-22(27)15-13-21/h4-16,20H,17-18H2,1-3H3,(H,28,32)/t20-/m0/s1. The second kappa shape index (κ2) is 11.1. The van der Waals surface area contributed by atoms with Crippen LogP contribution in [0.2, 0.25) is 0 Å². The van der Waals surface area contributed by atoms with Gasteiger partial charge in [-0.05, 0) is 61.4 Å². The van der Waals surface area contributed by atoms with Crippen molar-refractivity contribution in [3.05, 3.63) is 95.8 Å². The van der Waals surface area contributed by atoms with E-state index in [-0.39, 0.29) is 11.4 Å². The van der Waals surface area contributed by atoms with Gasteiger partial charge in [0.25, 0.3) is 10.0 Å². The van der Waals surface area contributed by atoms with Crippen LogP contribution in [0.25, 0.3) is 0 Å². The fourth-order valence-electron chi connectivity index (χ4n) is 3.61.